The monoisotopic (exact) mass is 283 g/mol. The van der Waals surface area contributed by atoms with Gasteiger partial charge >= 0.3 is 0 Å². The highest BCUT2D eigenvalue weighted by molar-refractivity contribution is 5.94. The van der Waals surface area contributed by atoms with Crippen LogP contribution < -0.4 is 4.90 Å². The summed E-state index contributed by atoms with van der Waals surface area (Å²) in [5, 5.41) is 0. The molecule has 1 aliphatic heterocycles. The molecular formula is C17H21N3O. The van der Waals surface area contributed by atoms with Crippen molar-refractivity contribution in [3.05, 3.63) is 53.3 Å². The molecule has 0 unspecified atom stereocenters. The third kappa shape index (κ3) is 2.66. The predicted molar refractivity (Wildman–Crippen MR) is 84.8 cm³/mol. The van der Waals surface area contributed by atoms with Crippen LogP contribution in [0.25, 0.3) is 0 Å². The normalized spacial score (nSPS) is 15.3. The lowest BCUT2D eigenvalue weighted by atomic mass is 10.1. The molecule has 110 valence electrons. The van der Waals surface area contributed by atoms with E-state index in [0.717, 1.165) is 31.7 Å². The summed E-state index contributed by atoms with van der Waals surface area (Å²) in [6, 6.07) is 8.25. The molecule has 1 amide bonds. The third-order valence-electron chi connectivity index (χ3n) is 4.33. The first-order valence-electron chi connectivity index (χ1n) is 7.40. The first-order valence-corrected chi connectivity index (χ1v) is 7.40. The van der Waals surface area contributed by atoms with Gasteiger partial charge in [-0.15, -0.1) is 0 Å². The average molecular weight is 283 g/mol. The van der Waals surface area contributed by atoms with Crippen LogP contribution in [0.15, 0.2) is 36.7 Å². The second kappa shape index (κ2) is 5.64. The van der Waals surface area contributed by atoms with Crippen LogP contribution in [0.2, 0.25) is 0 Å². The zero-order chi connectivity index (χ0) is 14.8. The van der Waals surface area contributed by atoms with E-state index >= 15 is 0 Å². The van der Waals surface area contributed by atoms with Gasteiger partial charge in [0.1, 0.15) is 0 Å². The van der Waals surface area contributed by atoms with Gasteiger partial charge in [0, 0.05) is 44.3 Å². The van der Waals surface area contributed by atoms with Crippen molar-refractivity contribution >= 4 is 11.6 Å². The van der Waals surface area contributed by atoms with E-state index in [0.29, 0.717) is 0 Å². The molecule has 0 atom stereocenters. The van der Waals surface area contributed by atoms with Gasteiger partial charge < -0.3 is 14.8 Å². The molecule has 1 N–H and O–H groups in total. The van der Waals surface area contributed by atoms with Crippen molar-refractivity contribution < 1.29 is 4.79 Å². The third-order valence-corrected chi connectivity index (χ3v) is 4.33. The fourth-order valence-electron chi connectivity index (χ4n) is 2.87. The molecule has 4 heteroatoms. The summed E-state index contributed by atoms with van der Waals surface area (Å²) >= 11 is 0. The zero-order valence-electron chi connectivity index (χ0n) is 12.6. The topological polar surface area (TPSA) is 39.3 Å². The number of benzene rings is 1. The molecule has 2 aromatic rings. The molecule has 1 fully saturated rings. The molecule has 1 aromatic heterocycles. The van der Waals surface area contributed by atoms with Crippen molar-refractivity contribution in [2.45, 2.75) is 13.8 Å². The Morgan fingerprint density at radius 2 is 1.86 bits per heavy atom. The van der Waals surface area contributed by atoms with Crippen LogP contribution in [0.4, 0.5) is 5.69 Å². The molecule has 0 bridgehead atoms. The Morgan fingerprint density at radius 1 is 1.10 bits per heavy atom. The molecule has 1 saturated heterocycles. The number of aromatic nitrogens is 1. The van der Waals surface area contributed by atoms with Gasteiger partial charge in [-0.1, -0.05) is 12.1 Å². The number of aromatic amines is 1. The summed E-state index contributed by atoms with van der Waals surface area (Å²) in [5.41, 5.74) is 4.69. The van der Waals surface area contributed by atoms with Gasteiger partial charge in [-0.05, 0) is 37.1 Å². The minimum absolute atomic E-state index is 0.122. The Kier molecular flexibility index (Phi) is 3.69. The van der Waals surface area contributed by atoms with Crippen LogP contribution in [-0.4, -0.2) is 42.0 Å². The van der Waals surface area contributed by atoms with Gasteiger partial charge in [-0.25, -0.2) is 0 Å². The summed E-state index contributed by atoms with van der Waals surface area (Å²) in [6.07, 6.45) is 3.55. The first kappa shape index (κ1) is 13.7. The van der Waals surface area contributed by atoms with E-state index in [9.17, 15) is 4.79 Å². The highest BCUT2D eigenvalue weighted by Gasteiger charge is 2.23. The number of hydrogen-bond donors (Lipinski definition) is 1. The number of amides is 1. The SMILES string of the molecule is Cc1cccc(N2CCN(C(=O)c3cc[nH]c3)CC2)c1C. The number of rotatable bonds is 2. The Morgan fingerprint density at radius 3 is 2.52 bits per heavy atom. The first-order chi connectivity index (χ1) is 10.2. The molecule has 3 rings (SSSR count). The minimum atomic E-state index is 0.122. The summed E-state index contributed by atoms with van der Waals surface area (Å²) in [7, 11) is 0. The Balaban J connectivity index is 1.68. The van der Waals surface area contributed by atoms with Crippen molar-refractivity contribution in [1.29, 1.82) is 0 Å². The molecule has 21 heavy (non-hydrogen) atoms. The smallest absolute Gasteiger partial charge is 0.255 e. The highest BCUT2D eigenvalue weighted by atomic mass is 16.2. The maximum absolute atomic E-state index is 12.3. The van der Waals surface area contributed by atoms with Gasteiger partial charge in [-0.2, -0.15) is 0 Å². The summed E-state index contributed by atoms with van der Waals surface area (Å²) in [6.45, 7) is 7.64. The summed E-state index contributed by atoms with van der Waals surface area (Å²) in [5.74, 6) is 0.122. The maximum Gasteiger partial charge on any atom is 0.255 e. The molecule has 0 spiro atoms. The summed E-state index contributed by atoms with van der Waals surface area (Å²) < 4.78 is 0. The number of piperazine rings is 1. The van der Waals surface area contributed by atoms with Crippen molar-refractivity contribution in [3.8, 4) is 0 Å². The molecule has 1 aromatic carbocycles. The van der Waals surface area contributed by atoms with Gasteiger partial charge in [0.15, 0.2) is 0 Å². The number of carbonyl (C=O) groups is 1. The number of nitrogens with one attached hydrogen (secondary N) is 1. The number of carbonyl (C=O) groups excluding carboxylic acids is 1. The molecule has 0 aliphatic carbocycles. The van der Waals surface area contributed by atoms with Crippen LogP contribution in [-0.2, 0) is 0 Å². The number of aryl methyl sites for hydroxylation is 1. The number of anilines is 1. The van der Waals surface area contributed by atoms with E-state index in [-0.39, 0.29) is 5.91 Å². The van der Waals surface area contributed by atoms with Gasteiger partial charge in [0.2, 0.25) is 0 Å². The number of H-pyrrole nitrogens is 1. The van der Waals surface area contributed by atoms with Crippen LogP contribution in [0.1, 0.15) is 21.5 Å². The van der Waals surface area contributed by atoms with E-state index in [1.807, 2.05) is 11.0 Å². The van der Waals surface area contributed by atoms with E-state index in [4.69, 9.17) is 0 Å². The van der Waals surface area contributed by atoms with Crippen molar-refractivity contribution in [3.63, 3.8) is 0 Å². The predicted octanol–water partition coefficient (Wildman–Crippen LogP) is 2.59. The lowest BCUT2D eigenvalue weighted by Crippen LogP contribution is -2.49. The molecule has 0 saturated carbocycles. The molecule has 4 nitrogen and oxygen atoms in total. The Hall–Kier alpha value is -2.23. The van der Waals surface area contributed by atoms with Crippen LogP contribution in [0, 0.1) is 13.8 Å². The van der Waals surface area contributed by atoms with E-state index in [1.54, 1.807) is 12.4 Å². The fraction of sp³-hybridized carbons (Fsp3) is 0.353. The lowest BCUT2D eigenvalue weighted by Gasteiger charge is -2.37. The van der Waals surface area contributed by atoms with E-state index < -0.39 is 0 Å². The molecule has 0 radical (unpaired) electrons. The van der Waals surface area contributed by atoms with Crippen LogP contribution >= 0.6 is 0 Å². The van der Waals surface area contributed by atoms with E-state index in [1.165, 1.54) is 16.8 Å². The van der Waals surface area contributed by atoms with E-state index in [2.05, 4.69) is 41.9 Å². The average Bonchev–Trinajstić information content (AvgIpc) is 3.04. The second-order valence-corrected chi connectivity index (χ2v) is 5.60. The fourth-order valence-corrected chi connectivity index (χ4v) is 2.87. The molecule has 1 aliphatic rings. The summed E-state index contributed by atoms with van der Waals surface area (Å²) in [4.78, 5) is 19.6. The standard InChI is InChI=1S/C17H21N3O/c1-13-4-3-5-16(14(13)2)19-8-10-20(11-9-19)17(21)15-6-7-18-12-15/h3-7,12,18H,8-11H2,1-2H3. The van der Waals surface area contributed by atoms with Crippen molar-refractivity contribution in [2.75, 3.05) is 31.1 Å². The number of hydrogen-bond acceptors (Lipinski definition) is 2. The van der Waals surface area contributed by atoms with Crippen molar-refractivity contribution in [1.82, 2.24) is 9.88 Å². The Labute approximate surface area is 125 Å². The molecule has 2 heterocycles. The van der Waals surface area contributed by atoms with Gasteiger partial charge in [-0.3, -0.25) is 4.79 Å². The van der Waals surface area contributed by atoms with Gasteiger partial charge in [0.25, 0.3) is 5.91 Å². The number of nitrogens with zero attached hydrogens (tertiary/aromatic N) is 2. The highest BCUT2D eigenvalue weighted by Crippen LogP contribution is 2.24. The van der Waals surface area contributed by atoms with Crippen molar-refractivity contribution in [2.24, 2.45) is 0 Å². The lowest BCUT2D eigenvalue weighted by molar-refractivity contribution is 0.0747. The maximum atomic E-state index is 12.3. The molecular weight excluding hydrogens is 262 g/mol. The minimum Gasteiger partial charge on any atom is -0.368 e. The van der Waals surface area contributed by atoms with Crippen LogP contribution in [0.3, 0.4) is 0 Å². The Bertz CT molecular complexity index is 625. The quantitative estimate of drug-likeness (QED) is 0.920. The van der Waals surface area contributed by atoms with Gasteiger partial charge in [0.05, 0.1) is 5.56 Å². The largest absolute Gasteiger partial charge is 0.368 e. The van der Waals surface area contributed by atoms with Crippen LogP contribution in [0.5, 0.6) is 0 Å². The second-order valence-electron chi connectivity index (χ2n) is 5.60. The zero-order valence-corrected chi connectivity index (χ0v) is 12.6.